The van der Waals surface area contributed by atoms with Gasteiger partial charge in [0.05, 0.1) is 7.11 Å². The molecule has 1 aromatic rings. The largest absolute Gasteiger partial charge is 0.497 e. The fourth-order valence-electron chi connectivity index (χ4n) is 2.30. The third kappa shape index (κ3) is 3.47. The van der Waals surface area contributed by atoms with E-state index in [2.05, 4.69) is 44.9 Å². The fourth-order valence-corrected chi connectivity index (χ4v) is 2.30. The highest BCUT2D eigenvalue weighted by molar-refractivity contribution is 5.31. The van der Waals surface area contributed by atoms with E-state index in [1.54, 1.807) is 7.11 Å². The Morgan fingerprint density at radius 2 is 2.00 bits per heavy atom. The molecule has 1 aromatic carbocycles. The Morgan fingerprint density at radius 3 is 2.50 bits per heavy atom. The van der Waals surface area contributed by atoms with Gasteiger partial charge in [0.1, 0.15) is 5.75 Å². The van der Waals surface area contributed by atoms with Crippen molar-refractivity contribution in [3.8, 4) is 5.75 Å². The summed E-state index contributed by atoms with van der Waals surface area (Å²) in [7, 11) is 3.83. The second-order valence-electron chi connectivity index (χ2n) is 5.00. The van der Waals surface area contributed by atoms with Gasteiger partial charge in [-0.3, -0.25) is 4.90 Å². The number of nitrogens with zero attached hydrogens (tertiary/aromatic N) is 1. The van der Waals surface area contributed by atoms with Gasteiger partial charge in [0.2, 0.25) is 0 Å². The minimum atomic E-state index is 0.0797. The smallest absolute Gasteiger partial charge is 0.119 e. The predicted octanol–water partition coefficient (Wildman–Crippen LogP) is 2.81. The number of nitrogens with two attached hydrogens (primary N) is 1. The Balaban J connectivity index is 3.03. The molecular weight excluding hydrogens is 224 g/mol. The molecular formula is C15H26N2O. The van der Waals surface area contributed by atoms with Crippen molar-refractivity contribution in [2.75, 3.05) is 14.2 Å². The molecule has 0 saturated heterocycles. The highest BCUT2D eigenvalue weighted by atomic mass is 16.5. The van der Waals surface area contributed by atoms with Crippen molar-refractivity contribution < 1.29 is 4.74 Å². The molecule has 0 bridgehead atoms. The molecule has 0 radical (unpaired) electrons. The normalized spacial score (nSPS) is 16.4. The van der Waals surface area contributed by atoms with Crippen molar-refractivity contribution in [1.29, 1.82) is 0 Å². The minimum Gasteiger partial charge on any atom is -0.497 e. The average Bonchev–Trinajstić information content (AvgIpc) is 2.37. The first kappa shape index (κ1) is 15.0. The number of methoxy groups -OCH3 is 1. The fraction of sp³-hybridized carbons (Fsp3) is 0.600. The molecule has 0 spiro atoms. The average molecular weight is 250 g/mol. The molecule has 0 heterocycles. The Kier molecular flexibility index (Phi) is 5.63. The highest BCUT2D eigenvalue weighted by Gasteiger charge is 2.24. The summed E-state index contributed by atoms with van der Waals surface area (Å²) < 4.78 is 5.29. The second-order valence-corrected chi connectivity index (χ2v) is 5.00. The summed E-state index contributed by atoms with van der Waals surface area (Å²) >= 11 is 0. The maximum atomic E-state index is 6.17. The number of likely N-dealkylation sites (N-methyl/N-ethyl adjacent to an activating group) is 1. The monoisotopic (exact) mass is 250 g/mol. The van der Waals surface area contributed by atoms with Crippen molar-refractivity contribution in [3.05, 3.63) is 29.8 Å². The van der Waals surface area contributed by atoms with Gasteiger partial charge in [0.15, 0.2) is 0 Å². The van der Waals surface area contributed by atoms with Gasteiger partial charge in [0.25, 0.3) is 0 Å². The molecule has 0 saturated carbocycles. The Morgan fingerprint density at radius 1 is 1.33 bits per heavy atom. The van der Waals surface area contributed by atoms with Crippen LogP contribution in [0.4, 0.5) is 0 Å². The van der Waals surface area contributed by atoms with E-state index in [0.29, 0.717) is 6.04 Å². The molecule has 0 aliphatic heterocycles. The molecule has 2 N–H and O–H groups in total. The molecule has 0 amide bonds. The predicted molar refractivity (Wildman–Crippen MR) is 76.9 cm³/mol. The van der Waals surface area contributed by atoms with E-state index in [0.717, 1.165) is 12.2 Å². The lowest BCUT2D eigenvalue weighted by Crippen LogP contribution is -2.41. The van der Waals surface area contributed by atoms with Gasteiger partial charge in [-0.05, 0) is 45.0 Å². The van der Waals surface area contributed by atoms with E-state index in [1.807, 2.05) is 12.1 Å². The summed E-state index contributed by atoms with van der Waals surface area (Å²) in [4.78, 5) is 2.35. The lowest BCUT2D eigenvalue weighted by Gasteiger charge is -2.35. The zero-order valence-electron chi connectivity index (χ0n) is 12.2. The standard InChI is InChI=1S/C15H26N2O/c1-6-11(2)17(4)15(12(3)16)13-8-7-9-14(10-13)18-5/h7-12,15H,6,16H2,1-5H3. The van der Waals surface area contributed by atoms with Crippen LogP contribution >= 0.6 is 0 Å². The Hall–Kier alpha value is -1.06. The summed E-state index contributed by atoms with van der Waals surface area (Å²) in [5.41, 5.74) is 7.39. The van der Waals surface area contributed by atoms with Crippen LogP contribution in [0.25, 0.3) is 0 Å². The van der Waals surface area contributed by atoms with E-state index in [-0.39, 0.29) is 12.1 Å². The second kappa shape index (κ2) is 6.76. The van der Waals surface area contributed by atoms with Crippen LogP contribution in [0.3, 0.4) is 0 Å². The van der Waals surface area contributed by atoms with E-state index in [4.69, 9.17) is 10.5 Å². The number of hydrogen-bond acceptors (Lipinski definition) is 3. The number of rotatable bonds is 6. The van der Waals surface area contributed by atoms with Crippen molar-refractivity contribution in [3.63, 3.8) is 0 Å². The first-order valence-corrected chi connectivity index (χ1v) is 6.62. The third-order valence-electron chi connectivity index (χ3n) is 3.66. The lowest BCUT2D eigenvalue weighted by atomic mass is 9.97. The minimum absolute atomic E-state index is 0.0797. The van der Waals surface area contributed by atoms with Crippen molar-refractivity contribution in [2.45, 2.75) is 45.3 Å². The van der Waals surface area contributed by atoms with Gasteiger partial charge < -0.3 is 10.5 Å². The Labute approximate surface area is 111 Å². The van der Waals surface area contributed by atoms with Crippen LogP contribution in [0, 0.1) is 0 Å². The van der Waals surface area contributed by atoms with Crippen molar-refractivity contribution >= 4 is 0 Å². The molecule has 0 fully saturated rings. The van der Waals surface area contributed by atoms with E-state index >= 15 is 0 Å². The van der Waals surface area contributed by atoms with Gasteiger partial charge in [-0.25, -0.2) is 0 Å². The lowest BCUT2D eigenvalue weighted by molar-refractivity contribution is 0.161. The summed E-state index contributed by atoms with van der Waals surface area (Å²) in [5.74, 6) is 0.885. The number of ether oxygens (including phenoxy) is 1. The molecule has 0 aromatic heterocycles. The summed E-state index contributed by atoms with van der Waals surface area (Å²) in [6.07, 6.45) is 1.11. The summed E-state index contributed by atoms with van der Waals surface area (Å²) in [6, 6.07) is 8.99. The molecule has 3 nitrogen and oxygen atoms in total. The van der Waals surface area contributed by atoms with Crippen LogP contribution in [0.2, 0.25) is 0 Å². The first-order chi connectivity index (χ1) is 8.51. The van der Waals surface area contributed by atoms with Gasteiger partial charge in [-0.15, -0.1) is 0 Å². The quantitative estimate of drug-likeness (QED) is 0.843. The van der Waals surface area contributed by atoms with Gasteiger partial charge in [-0.1, -0.05) is 19.1 Å². The molecule has 102 valence electrons. The van der Waals surface area contributed by atoms with Crippen LogP contribution in [-0.2, 0) is 0 Å². The number of hydrogen-bond donors (Lipinski definition) is 1. The number of benzene rings is 1. The van der Waals surface area contributed by atoms with Crippen LogP contribution < -0.4 is 10.5 Å². The van der Waals surface area contributed by atoms with Crippen LogP contribution in [0.15, 0.2) is 24.3 Å². The molecule has 0 aliphatic carbocycles. The van der Waals surface area contributed by atoms with E-state index in [1.165, 1.54) is 5.56 Å². The van der Waals surface area contributed by atoms with Gasteiger partial charge >= 0.3 is 0 Å². The van der Waals surface area contributed by atoms with Gasteiger partial charge in [-0.2, -0.15) is 0 Å². The molecule has 3 unspecified atom stereocenters. The summed E-state index contributed by atoms with van der Waals surface area (Å²) in [6.45, 7) is 6.49. The zero-order valence-corrected chi connectivity index (χ0v) is 12.2. The van der Waals surface area contributed by atoms with Crippen molar-refractivity contribution in [2.24, 2.45) is 5.73 Å². The first-order valence-electron chi connectivity index (χ1n) is 6.62. The van der Waals surface area contributed by atoms with Crippen LogP contribution in [-0.4, -0.2) is 31.1 Å². The van der Waals surface area contributed by atoms with Crippen molar-refractivity contribution in [1.82, 2.24) is 4.90 Å². The van der Waals surface area contributed by atoms with Crippen LogP contribution in [0.5, 0.6) is 5.75 Å². The molecule has 0 aliphatic rings. The molecule has 3 heteroatoms. The molecule has 1 rings (SSSR count). The summed E-state index contributed by atoms with van der Waals surface area (Å²) in [5, 5.41) is 0. The SMILES string of the molecule is CCC(C)N(C)C(c1cccc(OC)c1)C(C)N. The van der Waals surface area contributed by atoms with Crippen LogP contribution in [0.1, 0.15) is 38.8 Å². The third-order valence-corrected chi connectivity index (χ3v) is 3.66. The van der Waals surface area contributed by atoms with E-state index < -0.39 is 0 Å². The maximum Gasteiger partial charge on any atom is 0.119 e. The van der Waals surface area contributed by atoms with E-state index in [9.17, 15) is 0 Å². The van der Waals surface area contributed by atoms with Gasteiger partial charge in [0, 0.05) is 18.1 Å². The zero-order chi connectivity index (χ0) is 13.7. The Bertz CT molecular complexity index is 365. The maximum absolute atomic E-state index is 6.17. The highest BCUT2D eigenvalue weighted by Crippen LogP contribution is 2.27. The molecule has 18 heavy (non-hydrogen) atoms. The molecule has 3 atom stereocenters. The topological polar surface area (TPSA) is 38.5 Å².